The number of rotatable bonds is 9. The molecule has 0 N–H and O–H groups in total. The molecule has 0 amide bonds. The number of aryl methyl sites for hydroxylation is 1. The highest BCUT2D eigenvalue weighted by Crippen LogP contribution is 2.23. The fraction of sp³-hybridized carbons (Fsp3) is 0.179. The fourth-order valence-corrected chi connectivity index (χ4v) is 3.43. The van der Waals surface area contributed by atoms with Crippen LogP contribution in [0.5, 0.6) is 5.75 Å². The van der Waals surface area contributed by atoms with E-state index in [1.54, 1.807) is 31.3 Å². The molecule has 2 heterocycles. The Hall–Kier alpha value is -4.19. The van der Waals surface area contributed by atoms with Crippen LogP contribution in [-0.2, 0) is 16.0 Å². The van der Waals surface area contributed by atoms with Crippen LogP contribution in [0.1, 0.15) is 29.6 Å². The molecule has 0 aliphatic carbocycles. The maximum absolute atomic E-state index is 12.4. The van der Waals surface area contributed by atoms with Gasteiger partial charge in [-0.1, -0.05) is 36.4 Å². The molecule has 0 bridgehead atoms. The van der Waals surface area contributed by atoms with Gasteiger partial charge in [-0.15, -0.1) is 0 Å². The quantitative estimate of drug-likeness (QED) is 0.236. The molecule has 6 nitrogen and oxygen atoms in total. The van der Waals surface area contributed by atoms with Crippen molar-refractivity contribution in [3.05, 3.63) is 102 Å². The van der Waals surface area contributed by atoms with Crippen LogP contribution in [0.3, 0.4) is 0 Å². The van der Waals surface area contributed by atoms with Gasteiger partial charge in [0.15, 0.2) is 0 Å². The predicted molar refractivity (Wildman–Crippen MR) is 131 cm³/mol. The Bertz CT molecular complexity index is 1250. The Balaban J connectivity index is 1.40. The minimum atomic E-state index is -0.403. The van der Waals surface area contributed by atoms with Gasteiger partial charge in [0.1, 0.15) is 11.5 Å². The van der Waals surface area contributed by atoms with Gasteiger partial charge in [0.2, 0.25) is 5.89 Å². The molecule has 0 aliphatic heterocycles. The molecule has 2 aromatic heterocycles. The third-order valence-electron chi connectivity index (χ3n) is 5.15. The lowest BCUT2D eigenvalue weighted by Crippen LogP contribution is -2.08. The molecule has 4 aromatic rings. The molecule has 0 saturated heterocycles. The van der Waals surface area contributed by atoms with Gasteiger partial charge in [-0.25, -0.2) is 9.78 Å². The summed E-state index contributed by atoms with van der Waals surface area (Å²) >= 11 is 0. The van der Waals surface area contributed by atoms with Crippen molar-refractivity contribution in [2.24, 2.45) is 0 Å². The molecular weight excluding hydrogens is 428 g/mol. The van der Waals surface area contributed by atoms with E-state index in [-0.39, 0.29) is 0 Å². The van der Waals surface area contributed by atoms with E-state index >= 15 is 0 Å². The fourth-order valence-electron chi connectivity index (χ4n) is 3.43. The van der Waals surface area contributed by atoms with Crippen LogP contribution in [0.4, 0.5) is 0 Å². The summed E-state index contributed by atoms with van der Waals surface area (Å²) in [7, 11) is 0. The van der Waals surface area contributed by atoms with Crippen LogP contribution in [0.2, 0.25) is 0 Å². The molecule has 0 spiro atoms. The van der Waals surface area contributed by atoms with Gasteiger partial charge < -0.3 is 13.9 Å². The highest BCUT2D eigenvalue weighted by molar-refractivity contribution is 6.21. The Morgan fingerprint density at radius 3 is 2.47 bits per heavy atom. The number of ether oxygens (including phenoxy) is 2. The van der Waals surface area contributed by atoms with E-state index in [1.807, 2.05) is 67.6 Å². The van der Waals surface area contributed by atoms with E-state index in [0.717, 1.165) is 28.3 Å². The molecule has 0 fully saturated rings. The topological polar surface area (TPSA) is 74.5 Å². The highest BCUT2D eigenvalue weighted by atomic mass is 16.5. The molecule has 2 aromatic carbocycles. The zero-order valence-electron chi connectivity index (χ0n) is 19.2. The van der Waals surface area contributed by atoms with E-state index < -0.39 is 5.97 Å². The minimum absolute atomic E-state index is 0.299. The van der Waals surface area contributed by atoms with E-state index in [2.05, 4.69) is 9.97 Å². The van der Waals surface area contributed by atoms with Gasteiger partial charge in [0.25, 0.3) is 0 Å². The first-order valence-electron chi connectivity index (χ1n) is 11.2. The number of carbonyl (C=O) groups is 1. The number of hydrogen-bond donors (Lipinski definition) is 0. The monoisotopic (exact) mass is 454 g/mol. The van der Waals surface area contributed by atoms with Crippen molar-refractivity contribution in [1.29, 1.82) is 0 Å². The molecule has 0 saturated carbocycles. The number of esters is 1. The number of aromatic nitrogens is 2. The average Bonchev–Trinajstić information content (AvgIpc) is 3.25. The second-order valence-electron chi connectivity index (χ2n) is 7.55. The summed E-state index contributed by atoms with van der Waals surface area (Å²) in [5.41, 5.74) is 3.66. The van der Waals surface area contributed by atoms with E-state index in [1.165, 1.54) is 0 Å². The second kappa shape index (κ2) is 11.1. The van der Waals surface area contributed by atoms with Gasteiger partial charge >= 0.3 is 5.97 Å². The smallest absolute Gasteiger partial charge is 0.340 e. The Labute approximate surface area is 198 Å². The third kappa shape index (κ3) is 5.78. The van der Waals surface area contributed by atoms with Crippen LogP contribution in [0.25, 0.3) is 23.1 Å². The molecule has 0 unspecified atom stereocenters. The Morgan fingerprint density at radius 1 is 1.00 bits per heavy atom. The minimum Gasteiger partial charge on any atom is -0.493 e. The SMILES string of the molecule is CCOC(=O)/C(=C/c1ccc(OCCc2nc(-c3ccccc3)oc2C)cc1)c1ccccn1. The summed E-state index contributed by atoms with van der Waals surface area (Å²) in [4.78, 5) is 21.3. The van der Waals surface area contributed by atoms with Crippen molar-refractivity contribution < 1.29 is 18.7 Å². The van der Waals surface area contributed by atoms with Gasteiger partial charge in [-0.05, 0) is 61.9 Å². The van der Waals surface area contributed by atoms with Crippen molar-refractivity contribution >= 4 is 17.6 Å². The number of hydrogen-bond acceptors (Lipinski definition) is 6. The molecular formula is C28H26N2O4. The van der Waals surface area contributed by atoms with E-state index in [0.29, 0.717) is 36.8 Å². The summed E-state index contributed by atoms with van der Waals surface area (Å²) in [6.45, 7) is 4.47. The van der Waals surface area contributed by atoms with E-state index in [9.17, 15) is 4.79 Å². The van der Waals surface area contributed by atoms with Crippen LogP contribution in [0, 0.1) is 6.92 Å². The predicted octanol–water partition coefficient (Wildman–Crippen LogP) is 5.77. The molecule has 0 aliphatic rings. The maximum atomic E-state index is 12.4. The summed E-state index contributed by atoms with van der Waals surface area (Å²) < 4.78 is 16.9. The largest absolute Gasteiger partial charge is 0.493 e. The Morgan fingerprint density at radius 2 is 1.76 bits per heavy atom. The lowest BCUT2D eigenvalue weighted by Gasteiger charge is -2.08. The molecule has 6 heteroatoms. The number of oxazole rings is 1. The van der Waals surface area contributed by atoms with Gasteiger partial charge in [-0.2, -0.15) is 0 Å². The van der Waals surface area contributed by atoms with Crippen molar-refractivity contribution in [1.82, 2.24) is 9.97 Å². The lowest BCUT2D eigenvalue weighted by atomic mass is 10.1. The second-order valence-corrected chi connectivity index (χ2v) is 7.55. The molecule has 0 radical (unpaired) electrons. The lowest BCUT2D eigenvalue weighted by molar-refractivity contribution is -0.136. The zero-order valence-corrected chi connectivity index (χ0v) is 19.2. The normalized spacial score (nSPS) is 11.3. The van der Waals surface area contributed by atoms with Crippen molar-refractivity contribution in [2.75, 3.05) is 13.2 Å². The molecule has 34 heavy (non-hydrogen) atoms. The first-order chi connectivity index (χ1) is 16.6. The maximum Gasteiger partial charge on any atom is 0.340 e. The van der Waals surface area contributed by atoms with Crippen LogP contribution in [0.15, 0.2) is 83.4 Å². The first kappa shape index (κ1) is 23.0. The summed E-state index contributed by atoms with van der Waals surface area (Å²) in [5.74, 6) is 1.75. The van der Waals surface area contributed by atoms with Crippen LogP contribution >= 0.6 is 0 Å². The summed E-state index contributed by atoms with van der Waals surface area (Å²) in [5, 5.41) is 0. The standard InChI is InChI=1S/C28H26N2O4/c1-3-32-28(31)24(26-11-7-8-17-29-26)19-21-12-14-23(15-13-21)33-18-16-25-20(2)34-27(30-25)22-9-5-4-6-10-22/h4-15,17,19H,3,16,18H2,1-2H3/b24-19+. The van der Waals surface area contributed by atoms with Crippen LogP contribution in [-0.4, -0.2) is 29.2 Å². The average molecular weight is 455 g/mol. The zero-order chi connectivity index (χ0) is 23.8. The third-order valence-corrected chi connectivity index (χ3v) is 5.15. The van der Waals surface area contributed by atoms with Crippen LogP contribution < -0.4 is 4.74 Å². The number of nitrogens with zero attached hydrogens (tertiary/aromatic N) is 2. The van der Waals surface area contributed by atoms with Gasteiger partial charge in [0.05, 0.1) is 30.2 Å². The molecule has 4 rings (SSSR count). The van der Waals surface area contributed by atoms with E-state index in [4.69, 9.17) is 13.9 Å². The summed E-state index contributed by atoms with van der Waals surface area (Å²) in [6, 6.07) is 22.8. The Kier molecular flexibility index (Phi) is 7.50. The van der Waals surface area contributed by atoms with Gasteiger partial charge in [0, 0.05) is 18.2 Å². The van der Waals surface area contributed by atoms with Gasteiger partial charge in [-0.3, -0.25) is 4.98 Å². The molecule has 0 atom stereocenters. The highest BCUT2D eigenvalue weighted by Gasteiger charge is 2.15. The van der Waals surface area contributed by atoms with Crippen molar-refractivity contribution in [3.8, 4) is 17.2 Å². The number of pyridine rings is 1. The molecule has 172 valence electrons. The number of carbonyl (C=O) groups excluding carboxylic acids is 1. The van der Waals surface area contributed by atoms with Crippen molar-refractivity contribution in [2.45, 2.75) is 20.3 Å². The first-order valence-corrected chi connectivity index (χ1v) is 11.2. The van der Waals surface area contributed by atoms with Crippen molar-refractivity contribution in [3.63, 3.8) is 0 Å². The summed E-state index contributed by atoms with van der Waals surface area (Å²) in [6.07, 6.45) is 4.06. The number of benzene rings is 2.